The molecule has 0 bridgehead atoms. The van der Waals surface area contributed by atoms with Gasteiger partial charge in [0.05, 0.1) is 0 Å². The predicted molar refractivity (Wildman–Crippen MR) is 170 cm³/mol. The summed E-state index contributed by atoms with van der Waals surface area (Å²) < 4.78 is 0. The summed E-state index contributed by atoms with van der Waals surface area (Å²) in [6.07, 6.45) is 2.95. The Hall–Kier alpha value is -1.61. The Kier molecular flexibility index (Phi) is 48.6. The van der Waals surface area contributed by atoms with Crippen LogP contribution in [0.2, 0.25) is 0 Å². The van der Waals surface area contributed by atoms with Gasteiger partial charge in [-0.3, -0.25) is 6.29 Å². The van der Waals surface area contributed by atoms with Crippen LogP contribution in [0, 0.1) is 5.92 Å². The first-order valence-electron chi connectivity index (χ1n) is 14.6. The number of hydrogen-bond acceptors (Lipinski definition) is 2. The number of carbonyl (C=O) groups excluding carboxylic acids is 1. The minimum Gasteiger partial charge on any atom is -0.541 e. The minimum absolute atomic E-state index is 0. The zero-order chi connectivity index (χ0) is 29.3. The number of rotatable bonds is 8. The Labute approximate surface area is 263 Å². The maximum atomic E-state index is 11.8. The van der Waals surface area contributed by atoms with Crippen LogP contribution in [0.15, 0.2) is 91.0 Å². The Balaban J connectivity index is -0.000000247. The van der Waals surface area contributed by atoms with E-state index in [9.17, 15) is 4.79 Å². The van der Waals surface area contributed by atoms with Crippen LogP contribution in [0.4, 0.5) is 0 Å². The van der Waals surface area contributed by atoms with Gasteiger partial charge in [-0.2, -0.15) is 0 Å². The third kappa shape index (κ3) is 22.4. The molecule has 213 valence electrons. The Bertz CT molecular complexity index is 764. The van der Waals surface area contributed by atoms with Crippen molar-refractivity contribution in [1.29, 1.82) is 0 Å². The molecule has 3 heteroatoms. The van der Waals surface area contributed by atoms with Crippen molar-refractivity contribution in [2.75, 3.05) is 0 Å². The molecule has 1 N–H and O–H groups in total. The van der Waals surface area contributed by atoms with E-state index in [1.54, 1.807) is 0 Å². The first kappa shape index (κ1) is 46.3. The molecule has 2 nitrogen and oxygen atoms in total. The van der Waals surface area contributed by atoms with Gasteiger partial charge in [0.25, 0.3) is 0 Å². The maximum absolute atomic E-state index is 11.8. The van der Waals surface area contributed by atoms with Gasteiger partial charge in [0.2, 0.25) is 0 Å². The molecule has 3 aromatic rings. The van der Waals surface area contributed by atoms with Crippen LogP contribution in [0.5, 0.6) is 0 Å². The van der Waals surface area contributed by atoms with Gasteiger partial charge in [-0.1, -0.05) is 180 Å². The van der Waals surface area contributed by atoms with E-state index in [1.165, 1.54) is 5.56 Å². The van der Waals surface area contributed by atoms with Crippen molar-refractivity contribution in [3.63, 3.8) is 0 Å². The zero-order valence-electron chi connectivity index (χ0n) is 26.7. The molecular weight excluding hydrogens is 539 g/mol. The molecule has 0 aliphatic carbocycles. The summed E-state index contributed by atoms with van der Waals surface area (Å²) in [6, 6.07) is 30.4. The van der Waals surface area contributed by atoms with E-state index in [2.05, 4.69) is 48.0 Å². The topological polar surface area (TPSA) is 29.1 Å². The fraction of sp³-hybridized carbons (Fsp3) is 0.457. The Morgan fingerprint density at radius 1 is 0.553 bits per heavy atom. The number of benzene rings is 3. The molecule has 1 radical (unpaired) electrons. The van der Waals surface area contributed by atoms with E-state index in [1.807, 2.05) is 138 Å². The molecule has 38 heavy (non-hydrogen) atoms. The van der Waals surface area contributed by atoms with Gasteiger partial charge in [-0.05, 0) is 17.5 Å². The molecule has 2 unspecified atom stereocenters. The van der Waals surface area contributed by atoms with Crippen molar-refractivity contribution in [2.45, 2.75) is 102 Å². The van der Waals surface area contributed by atoms with Crippen molar-refractivity contribution in [2.24, 2.45) is 5.92 Å². The fourth-order valence-corrected chi connectivity index (χ4v) is 3.07. The average molecular weight is 598 g/mol. The summed E-state index contributed by atoms with van der Waals surface area (Å²) in [5.74, 6) is -0.242. The van der Waals surface area contributed by atoms with E-state index in [0.717, 1.165) is 11.1 Å². The van der Waals surface area contributed by atoms with Crippen LogP contribution in [-0.2, 0) is 50.5 Å². The normalized spacial score (nSPS) is 9.58. The Morgan fingerprint density at radius 2 is 0.895 bits per heavy atom. The van der Waals surface area contributed by atoms with Crippen LogP contribution in [0.3, 0.4) is 0 Å². The summed E-state index contributed by atoms with van der Waals surface area (Å²) in [7, 11) is 0. The Morgan fingerprint density at radius 3 is 1.26 bits per heavy atom. The van der Waals surface area contributed by atoms with E-state index in [4.69, 9.17) is 0 Å². The first-order chi connectivity index (χ1) is 18.4. The second-order valence-electron chi connectivity index (χ2n) is 6.17. The zero-order valence-corrected chi connectivity index (χ0v) is 29.6. The molecule has 3 rings (SSSR count). The molecular formula is C35H58NOY-. The smallest absolute Gasteiger partial charge is 0.0210 e. The molecule has 0 aliphatic heterocycles. The van der Waals surface area contributed by atoms with E-state index >= 15 is 0 Å². The standard InChI is InChI=1S/C23H22NO.6C2H6.Y/c25-18-22(16-19-10-4-1-5-11-19)23(21-14-8-3-9-15-21)24-17-20-12-6-2-7-13-20;6*1-2;/h1-15,22-24H,16-17H2;6*1-2H3;/q-1;;;;;;;. The summed E-state index contributed by atoms with van der Waals surface area (Å²) in [5, 5.41) is 3.56. The second-order valence-corrected chi connectivity index (χ2v) is 6.17. The van der Waals surface area contributed by atoms with Crippen molar-refractivity contribution in [1.82, 2.24) is 5.32 Å². The molecule has 0 heterocycles. The molecule has 0 aliphatic rings. The van der Waals surface area contributed by atoms with Crippen LogP contribution in [-0.4, -0.2) is 6.29 Å². The van der Waals surface area contributed by atoms with Gasteiger partial charge in [0.1, 0.15) is 0 Å². The summed E-state index contributed by atoms with van der Waals surface area (Å²) in [5.41, 5.74) is 3.47. The van der Waals surface area contributed by atoms with Crippen LogP contribution >= 0.6 is 0 Å². The minimum atomic E-state index is -0.242. The quantitative estimate of drug-likeness (QED) is 0.262. The van der Waals surface area contributed by atoms with Gasteiger partial charge >= 0.3 is 0 Å². The molecule has 0 spiro atoms. The van der Waals surface area contributed by atoms with Gasteiger partial charge < -0.3 is 10.1 Å². The van der Waals surface area contributed by atoms with Crippen molar-refractivity contribution in [3.8, 4) is 0 Å². The molecule has 0 fully saturated rings. The summed E-state index contributed by atoms with van der Waals surface area (Å²) in [6.45, 7) is 24.7. The SMILES string of the molecule is CC.CC.CC.CC.CC.CC.O=[C-]C(Cc1ccccc1)C(NCc1ccccc1)c1ccccc1.[Y]. The van der Waals surface area contributed by atoms with Gasteiger partial charge in [0, 0.05) is 45.3 Å². The van der Waals surface area contributed by atoms with Crippen LogP contribution < -0.4 is 5.32 Å². The van der Waals surface area contributed by atoms with Crippen LogP contribution in [0.25, 0.3) is 0 Å². The third-order valence-corrected chi connectivity index (χ3v) is 4.38. The fourth-order valence-electron chi connectivity index (χ4n) is 3.07. The predicted octanol–water partition coefficient (Wildman–Crippen LogP) is 10.6. The first-order valence-corrected chi connectivity index (χ1v) is 14.6. The average Bonchev–Trinajstić information content (AvgIpc) is 3.04. The summed E-state index contributed by atoms with van der Waals surface area (Å²) >= 11 is 0. The van der Waals surface area contributed by atoms with Crippen molar-refractivity contribution < 1.29 is 37.5 Å². The van der Waals surface area contributed by atoms with E-state index in [0.29, 0.717) is 13.0 Å². The largest absolute Gasteiger partial charge is 0.541 e. The maximum Gasteiger partial charge on any atom is 0.0210 e. The monoisotopic (exact) mass is 597 g/mol. The molecule has 0 saturated heterocycles. The van der Waals surface area contributed by atoms with Gasteiger partial charge in [-0.25, -0.2) is 0 Å². The number of hydrogen-bond donors (Lipinski definition) is 1. The van der Waals surface area contributed by atoms with Crippen molar-refractivity contribution in [3.05, 3.63) is 108 Å². The van der Waals surface area contributed by atoms with E-state index < -0.39 is 0 Å². The molecule has 0 amide bonds. The van der Waals surface area contributed by atoms with Gasteiger partial charge in [-0.15, -0.1) is 5.92 Å². The van der Waals surface area contributed by atoms with Gasteiger partial charge in [0.15, 0.2) is 0 Å². The number of nitrogens with one attached hydrogen (secondary N) is 1. The third-order valence-electron chi connectivity index (χ3n) is 4.38. The molecule has 3 aromatic carbocycles. The van der Waals surface area contributed by atoms with Crippen LogP contribution in [0.1, 0.15) is 106 Å². The molecule has 0 saturated carbocycles. The molecule has 0 aromatic heterocycles. The second kappa shape index (κ2) is 39.9. The van der Waals surface area contributed by atoms with E-state index in [-0.39, 0.29) is 44.7 Å². The molecule has 2 atom stereocenters. The van der Waals surface area contributed by atoms with Crippen molar-refractivity contribution >= 4 is 6.29 Å². The summed E-state index contributed by atoms with van der Waals surface area (Å²) in [4.78, 5) is 11.8.